The highest BCUT2D eigenvalue weighted by atomic mass is 35.5. The third-order valence-corrected chi connectivity index (χ3v) is 1.11. The summed E-state index contributed by atoms with van der Waals surface area (Å²) in [6.45, 7) is 2.73. The van der Waals surface area contributed by atoms with Crippen molar-refractivity contribution >= 4 is 11.6 Å². The van der Waals surface area contributed by atoms with Gasteiger partial charge in [0.25, 0.3) is 0 Å². The molecule has 0 aromatic rings. The largest absolute Gasteiger partial charge is 0.359 e. The number of halogens is 1. The van der Waals surface area contributed by atoms with Crippen molar-refractivity contribution in [3.63, 3.8) is 0 Å². The van der Waals surface area contributed by atoms with E-state index in [9.17, 15) is 0 Å². The van der Waals surface area contributed by atoms with E-state index in [0.29, 0.717) is 5.16 Å². The number of nitrogens with zero attached hydrogens (tertiary/aromatic N) is 1. The Labute approximate surface area is 47.8 Å². The van der Waals surface area contributed by atoms with Crippen LogP contribution in [-0.2, 0) is 0 Å². The summed E-state index contributed by atoms with van der Waals surface area (Å²) in [5, 5.41) is 3.37. The number of rotatable bonds is 0. The van der Waals surface area contributed by atoms with Gasteiger partial charge in [-0.25, -0.2) is 0 Å². The highest BCUT2D eigenvalue weighted by molar-refractivity contribution is 6.29. The van der Waals surface area contributed by atoms with Crippen LogP contribution in [0.15, 0.2) is 11.4 Å². The van der Waals surface area contributed by atoms with Gasteiger partial charge in [-0.2, -0.15) is 0 Å². The van der Waals surface area contributed by atoms with Crippen molar-refractivity contribution in [2.24, 2.45) is 0 Å². The van der Waals surface area contributed by atoms with Crippen LogP contribution in [0.4, 0.5) is 0 Å². The molecule has 0 unspecified atom stereocenters. The number of hydrogen-bond acceptors (Lipinski definition) is 2. The first-order valence-corrected chi connectivity index (χ1v) is 2.29. The average Bonchev–Trinajstić information content (AvgIpc) is 1.91. The van der Waals surface area contributed by atoms with Crippen LogP contribution < -0.4 is 5.32 Å². The van der Waals surface area contributed by atoms with Crippen molar-refractivity contribution in [3.8, 4) is 0 Å². The normalized spacial score (nSPS) is 19.1. The van der Waals surface area contributed by atoms with Crippen molar-refractivity contribution < 1.29 is 0 Å². The fourth-order valence-corrected chi connectivity index (χ4v) is 0.436. The standard InChI is InChI=1S/C4H5ClN2/c1-7-3-6-2-4(7)5/h2,6H,1H3. The summed E-state index contributed by atoms with van der Waals surface area (Å²) in [5.74, 6) is 0. The summed E-state index contributed by atoms with van der Waals surface area (Å²) in [4.78, 5) is 1.67. The van der Waals surface area contributed by atoms with E-state index < -0.39 is 0 Å². The summed E-state index contributed by atoms with van der Waals surface area (Å²) in [5.41, 5.74) is 0. The quantitative estimate of drug-likeness (QED) is 0.465. The van der Waals surface area contributed by atoms with E-state index >= 15 is 0 Å². The lowest BCUT2D eigenvalue weighted by atomic mass is 10.8. The second-order valence-corrected chi connectivity index (χ2v) is 1.67. The highest BCUT2D eigenvalue weighted by Gasteiger charge is 2.06. The lowest BCUT2D eigenvalue weighted by molar-refractivity contribution is 0.546. The molecule has 0 spiro atoms. The predicted molar refractivity (Wildman–Crippen MR) is 28.1 cm³/mol. The molecule has 1 aliphatic heterocycles. The first-order chi connectivity index (χ1) is 3.30. The van der Waals surface area contributed by atoms with Crippen LogP contribution in [0.1, 0.15) is 0 Å². The van der Waals surface area contributed by atoms with E-state index in [2.05, 4.69) is 12.0 Å². The molecule has 2 radical (unpaired) electrons. The van der Waals surface area contributed by atoms with Gasteiger partial charge in [0.1, 0.15) is 5.16 Å². The smallest absolute Gasteiger partial charge is 0.205 e. The third-order valence-electron chi connectivity index (χ3n) is 0.744. The molecule has 0 amide bonds. The minimum Gasteiger partial charge on any atom is -0.359 e. The molecule has 0 saturated heterocycles. The van der Waals surface area contributed by atoms with Crippen LogP contribution in [0, 0.1) is 6.67 Å². The Morgan fingerprint density at radius 3 is 2.86 bits per heavy atom. The lowest BCUT2D eigenvalue weighted by Crippen LogP contribution is -2.09. The second-order valence-electron chi connectivity index (χ2n) is 1.28. The summed E-state index contributed by atoms with van der Waals surface area (Å²) in [6, 6.07) is 0. The van der Waals surface area contributed by atoms with Gasteiger partial charge in [0.05, 0.1) is 0 Å². The highest BCUT2D eigenvalue weighted by Crippen LogP contribution is 2.10. The van der Waals surface area contributed by atoms with Crippen LogP contribution in [0.5, 0.6) is 0 Å². The summed E-state index contributed by atoms with van der Waals surface area (Å²) in [7, 11) is 1.82. The second kappa shape index (κ2) is 1.62. The van der Waals surface area contributed by atoms with Crippen molar-refractivity contribution in [1.29, 1.82) is 0 Å². The number of hydrogen-bond donors (Lipinski definition) is 1. The Morgan fingerprint density at radius 1 is 2.00 bits per heavy atom. The Morgan fingerprint density at radius 2 is 2.71 bits per heavy atom. The van der Waals surface area contributed by atoms with Gasteiger partial charge in [-0.15, -0.1) is 0 Å². The lowest BCUT2D eigenvalue weighted by Gasteiger charge is -2.04. The summed E-state index contributed by atoms with van der Waals surface area (Å²) in [6.07, 6.45) is 1.67. The maximum absolute atomic E-state index is 5.52. The first-order valence-electron chi connectivity index (χ1n) is 1.91. The molecule has 38 valence electrons. The van der Waals surface area contributed by atoms with E-state index in [-0.39, 0.29) is 0 Å². The van der Waals surface area contributed by atoms with Crippen molar-refractivity contribution in [1.82, 2.24) is 10.2 Å². The van der Waals surface area contributed by atoms with Gasteiger partial charge in [-0.05, 0) is 0 Å². The minimum absolute atomic E-state index is 0.667. The molecular weight excluding hydrogens is 112 g/mol. The van der Waals surface area contributed by atoms with Gasteiger partial charge in [0.15, 0.2) is 0 Å². The van der Waals surface area contributed by atoms with Crippen LogP contribution in [0.3, 0.4) is 0 Å². The van der Waals surface area contributed by atoms with Gasteiger partial charge < -0.3 is 10.2 Å². The molecule has 1 aliphatic rings. The molecule has 1 N–H and O–H groups in total. The molecule has 0 aromatic carbocycles. The molecule has 0 saturated carbocycles. The molecule has 7 heavy (non-hydrogen) atoms. The zero-order valence-corrected chi connectivity index (χ0v) is 4.66. The summed E-state index contributed by atoms with van der Waals surface area (Å²) >= 11 is 5.52. The zero-order chi connectivity index (χ0) is 5.28. The van der Waals surface area contributed by atoms with Crippen LogP contribution >= 0.6 is 11.6 Å². The van der Waals surface area contributed by atoms with E-state index in [1.54, 1.807) is 11.1 Å². The monoisotopic (exact) mass is 116 g/mol. The van der Waals surface area contributed by atoms with Gasteiger partial charge in [0.2, 0.25) is 6.67 Å². The van der Waals surface area contributed by atoms with E-state index in [1.165, 1.54) is 0 Å². The topological polar surface area (TPSA) is 15.3 Å². The van der Waals surface area contributed by atoms with E-state index in [0.717, 1.165) is 0 Å². The molecule has 0 aliphatic carbocycles. The number of nitrogens with one attached hydrogen (secondary N) is 1. The molecule has 0 aromatic heterocycles. The Bertz CT molecular complexity index is 99.9. The van der Waals surface area contributed by atoms with Crippen molar-refractivity contribution in [2.75, 3.05) is 7.05 Å². The molecule has 1 rings (SSSR count). The van der Waals surface area contributed by atoms with Crippen molar-refractivity contribution in [3.05, 3.63) is 18.0 Å². The molecule has 3 heteroatoms. The zero-order valence-electron chi connectivity index (χ0n) is 3.90. The maximum Gasteiger partial charge on any atom is 0.205 e. The molecule has 0 bridgehead atoms. The fraction of sp³-hybridized carbons (Fsp3) is 0.250. The molecule has 0 atom stereocenters. The SMILES string of the molecule is CN1[C]NC=C1Cl. The van der Waals surface area contributed by atoms with E-state index in [4.69, 9.17) is 11.6 Å². The van der Waals surface area contributed by atoms with Crippen LogP contribution in [0.2, 0.25) is 0 Å². The maximum atomic E-state index is 5.52. The van der Waals surface area contributed by atoms with Gasteiger partial charge in [-0.1, -0.05) is 11.6 Å². The Hall–Kier alpha value is -0.370. The molecule has 2 nitrogen and oxygen atoms in total. The van der Waals surface area contributed by atoms with Crippen molar-refractivity contribution in [2.45, 2.75) is 0 Å². The van der Waals surface area contributed by atoms with Gasteiger partial charge in [-0.3, -0.25) is 0 Å². The molecule has 1 heterocycles. The Balaban J connectivity index is 2.54. The minimum atomic E-state index is 0.667. The summed E-state index contributed by atoms with van der Waals surface area (Å²) < 4.78 is 0. The van der Waals surface area contributed by atoms with Crippen LogP contribution in [0.25, 0.3) is 0 Å². The fourth-order valence-electron chi connectivity index (χ4n) is 0.339. The average molecular weight is 117 g/mol. The van der Waals surface area contributed by atoms with Crippen LogP contribution in [-0.4, -0.2) is 11.9 Å². The van der Waals surface area contributed by atoms with Gasteiger partial charge >= 0.3 is 0 Å². The van der Waals surface area contributed by atoms with E-state index in [1.807, 2.05) is 7.05 Å². The Kier molecular flexibility index (Phi) is 1.11. The first kappa shape index (κ1) is 4.78. The van der Waals surface area contributed by atoms with Gasteiger partial charge in [0, 0.05) is 13.2 Å². The molecular formula is C4H5ClN2. The molecule has 0 fully saturated rings. The third kappa shape index (κ3) is 0.800. The predicted octanol–water partition coefficient (Wildman–Crippen LogP) is 0.555.